The fourth-order valence-corrected chi connectivity index (χ4v) is 4.20. The molecule has 112 valence electrons. The molecule has 0 aromatic heterocycles. The van der Waals surface area contributed by atoms with Crippen molar-refractivity contribution in [3.63, 3.8) is 0 Å². The van der Waals surface area contributed by atoms with Crippen LogP contribution in [0.4, 0.5) is 0 Å². The number of hydrogen-bond acceptors (Lipinski definition) is 3. The SMILES string of the molecule is CCC1(CC)CCN(CC2(CS)CCOCC2)CC1. The van der Waals surface area contributed by atoms with E-state index in [1.54, 1.807) is 0 Å². The van der Waals surface area contributed by atoms with Crippen LogP contribution in [-0.4, -0.2) is 43.5 Å². The summed E-state index contributed by atoms with van der Waals surface area (Å²) in [5, 5.41) is 0. The van der Waals surface area contributed by atoms with Crippen molar-refractivity contribution in [3.05, 3.63) is 0 Å². The normalized spacial score (nSPS) is 27.3. The molecule has 0 aromatic rings. The van der Waals surface area contributed by atoms with Gasteiger partial charge in [0.05, 0.1) is 0 Å². The van der Waals surface area contributed by atoms with Crippen molar-refractivity contribution in [1.82, 2.24) is 4.90 Å². The van der Waals surface area contributed by atoms with Crippen molar-refractivity contribution in [2.24, 2.45) is 10.8 Å². The Hall–Kier alpha value is 0.270. The maximum Gasteiger partial charge on any atom is 0.0472 e. The molecule has 2 saturated heterocycles. The second-order valence-corrected chi connectivity index (χ2v) is 7.07. The highest BCUT2D eigenvalue weighted by atomic mass is 32.1. The van der Waals surface area contributed by atoms with E-state index in [1.807, 2.05) is 0 Å². The molecule has 2 aliphatic heterocycles. The standard InChI is InChI=1S/C16H31NOS/c1-3-15(4-2)5-9-17(10-6-15)13-16(14-19)7-11-18-12-8-16/h19H,3-14H2,1-2H3. The quantitative estimate of drug-likeness (QED) is 0.775. The minimum Gasteiger partial charge on any atom is -0.381 e. The van der Waals surface area contributed by atoms with Gasteiger partial charge in [0.15, 0.2) is 0 Å². The zero-order chi connectivity index (χ0) is 13.8. The molecule has 0 N–H and O–H groups in total. The number of ether oxygens (including phenoxy) is 1. The van der Waals surface area contributed by atoms with Crippen molar-refractivity contribution in [2.45, 2.75) is 52.4 Å². The zero-order valence-corrected chi connectivity index (χ0v) is 13.7. The molecule has 3 heteroatoms. The predicted molar refractivity (Wildman–Crippen MR) is 85.0 cm³/mol. The van der Waals surface area contributed by atoms with E-state index in [2.05, 4.69) is 31.4 Å². The second-order valence-electron chi connectivity index (χ2n) is 6.75. The van der Waals surface area contributed by atoms with Crippen LogP contribution < -0.4 is 0 Å². The van der Waals surface area contributed by atoms with Crippen LogP contribution in [-0.2, 0) is 4.74 Å². The summed E-state index contributed by atoms with van der Waals surface area (Å²) in [5.74, 6) is 1.01. The number of rotatable bonds is 5. The van der Waals surface area contributed by atoms with Crippen molar-refractivity contribution in [2.75, 3.05) is 38.6 Å². The molecule has 2 nitrogen and oxygen atoms in total. The van der Waals surface area contributed by atoms with Crippen LogP contribution in [0.2, 0.25) is 0 Å². The predicted octanol–water partition coefficient (Wildman–Crippen LogP) is 3.62. The number of hydrogen-bond donors (Lipinski definition) is 1. The molecule has 19 heavy (non-hydrogen) atoms. The van der Waals surface area contributed by atoms with Gasteiger partial charge in [0, 0.05) is 19.8 Å². The second kappa shape index (κ2) is 6.82. The smallest absolute Gasteiger partial charge is 0.0472 e. The third-order valence-electron chi connectivity index (χ3n) is 5.86. The fourth-order valence-electron chi connectivity index (χ4n) is 3.79. The number of nitrogens with zero attached hydrogens (tertiary/aromatic N) is 1. The van der Waals surface area contributed by atoms with Gasteiger partial charge in [-0.05, 0) is 55.4 Å². The highest BCUT2D eigenvalue weighted by Crippen LogP contribution is 2.40. The Kier molecular flexibility index (Phi) is 5.62. The zero-order valence-electron chi connectivity index (χ0n) is 12.8. The Morgan fingerprint density at radius 3 is 2.00 bits per heavy atom. The van der Waals surface area contributed by atoms with Gasteiger partial charge in [0.2, 0.25) is 0 Å². The molecule has 0 unspecified atom stereocenters. The van der Waals surface area contributed by atoms with Crippen molar-refractivity contribution in [1.29, 1.82) is 0 Å². The molecule has 0 aliphatic carbocycles. The van der Waals surface area contributed by atoms with Crippen LogP contribution in [0, 0.1) is 10.8 Å². The van der Waals surface area contributed by atoms with Gasteiger partial charge in [-0.15, -0.1) is 0 Å². The summed E-state index contributed by atoms with van der Waals surface area (Å²) in [5.41, 5.74) is 1.06. The molecule has 0 aromatic carbocycles. The Morgan fingerprint density at radius 2 is 1.53 bits per heavy atom. The number of likely N-dealkylation sites (tertiary alicyclic amines) is 1. The molecule has 2 aliphatic rings. The maximum absolute atomic E-state index is 5.53. The summed E-state index contributed by atoms with van der Waals surface area (Å²) in [6, 6.07) is 0. The highest BCUT2D eigenvalue weighted by molar-refractivity contribution is 7.80. The van der Waals surface area contributed by atoms with E-state index < -0.39 is 0 Å². The van der Waals surface area contributed by atoms with Crippen LogP contribution >= 0.6 is 12.6 Å². The average Bonchev–Trinajstić information content (AvgIpc) is 2.49. The molecule has 0 bridgehead atoms. The third-order valence-corrected chi connectivity index (χ3v) is 6.54. The Labute approximate surface area is 124 Å². The van der Waals surface area contributed by atoms with Crippen LogP contribution in [0.5, 0.6) is 0 Å². The van der Waals surface area contributed by atoms with Crippen LogP contribution in [0.25, 0.3) is 0 Å². The third kappa shape index (κ3) is 3.68. The molecule has 0 spiro atoms. The lowest BCUT2D eigenvalue weighted by molar-refractivity contribution is -0.00590. The minimum atomic E-state index is 0.416. The van der Waals surface area contributed by atoms with Crippen LogP contribution in [0.3, 0.4) is 0 Å². The van der Waals surface area contributed by atoms with Gasteiger partial charge in [-0.2, -0.15) is 12.6 Å². The lowest BCUT2D eigenvalue weighted by Gasteiger charge is -2.45. The summed E-state index contributed by atoms with van der Waals surface area (Å²) < 4.78 is 5.53. The lowest BCUT2D eigenvalue weighted by Crippen LogP contribution is -2.47. The molecule has 2 heterocycles. The minimum absolute atomic E-state index is 0.416. The first-order valence-electron chi connectivity index (χ1n) is 8.08. The van der Waals surface area contributed by atoms with E-state index in [9.17, 15) is 0 Å². The first-order chi connectivity index (χ1) is 9.17. The first kappa shape index (κ1) is 15.7. The molecule has 2 fully saturated rings. The van der Waals surface area contributed by atoms with Gasteiger partial charge in [0.1, 0.15) is 0 Å². The van der Waals surface area contributed by atoms with E-state index in [4.69, 9.17) is 4.74 Å². The molecule has 2 rings (SSSR count). The van der Waals surface area contributed by atoms with Gasteiger partial charge in [-0.3, -0.25) is 0 Å². The monoisotopic (exact) mass is 285 g/mol. The number of thiol groups is 1. The van der Waals surface area contributed by atoms with Crippen molar-refractivity contribution >= 4 is 12.6 Å². The molecule has 0 amide bonds. The van der Waals surface area contributed by atoms with Crippen LogP contribution in [0.1, 0.15) is 52.4 Å². The van der Waals surface area contributed by atoms with Gasteiger partial charge in [-0.1, -0.05) is 26.7 Å². The first-order valence-corrected chi connectivity index (χ1v) is 8.72. The van der Waals surface area contributed by atoms with Gasteiger partial charge in [-0.25, -0.2) is 0 Å². The number of piperidine rings is 1. The van der Waals surface area contributed by atoms with Crippen molar-refractivity contribution in [3.8, 4) is 0 Å². The van der Waals surface area contributed by atoms with Crippen molar-refractivity contribution < 1.29 is 4.74 Å². The topological polar surface area (TPSA) is 12.5 Å². The average molecular weight is 285 g/mol. The van der Waals surface area contributed by atoms with Crippen LogP contribution in [0.15, 0.2) is 0 Å². The Morgan fingerprint density at radius 1 is 0.947 bits per heavy atom. The van der Waals surface area contributed by atoms with E-state index in [0.717, 1.165) is 19.0 Å². The molecule has 0 saturated carbocycles. The Bertz CT molecular complexity index is 262. The van der Waals surface area contributed by atoms with Gasteiger partial charge < -0.3 is 9.64 Å². The molecular formula is C16H31NOS. The highest BCUT2D eigenvalue weighted by Gasteiger charge is 2.37. The summed E-state index contributed by atoms with van der Waals surface area (Å²) in [6.45, 7) is 10.4. The lowest BCUT2D eigenvalue weighted by atomic mass is 9.73. The molecule has 0 atom stereocenters. The maximum atomic E-state index is 5.53. The van der Waals surface area contributed by atoms with E-state index >= 15 is 0 Å². The summed E-state index contributed by atoms with van der Waals surface area (Å²) in [7, 11) is 0. The summed E-state index contributed by atoms with van der Waals surface area (Å²) in [4.78, 5) is 2.70. The fraction of sp³-hybridized carbons (Fsp3) is 1.00. The van der Waals surface area contributed by atoms with E-state index in [0.29, 0.717) is 10.8 Å². The molecular weight excluding hydrogens is 254 g/mol. The summed E-state index contributed by atoms with van der Waals surface area (Å²) >= 11 is 4.64. The largest absolute Gasteiger partial charge is 0.381 e. The van der Waals surface area contributed by atoms with Gasteiger partial charge >= 0.3 is 0 Å². The molecule has 0 radical (unpaired) electrons. The summed E-state index contributed by atoms with van der Waals surface area (Å²) in [6.07, 6.45) is 7.86. The van der Waals surface area contributed by atoms with Gasteiger partial charge in [0.25, 0.3) is 0 Å². The van der Waals surface area contributed by atoms with E-state index in [-0.39, 0.29) is 0 Å². The Balaban J connectivity index is 1.87. The van der Waals surface area contributed by atoms with E-state index in [1.165, 1.54) is 58.2 Å².